The highest BCUT2D eigenvalue weighted by Gasteiger charge is 2.66. The standard InChI is InChI=1S/C16H25N/c1-17-16(10-5-3-2-4-6-10)15-13-11-7-8-12(9-11)14(13)15/h5,11-17H,2-4,6-9H2,1H3. The fourth-order valence-corrected chi connectivity index (χ4v) is 5.61. The molecule has 0 aliphatic heterocycles. The van der Waals surface area contributed by atoms with Gasteiger partial charge < -0.3 is 5.32 Å². The zero-order valence-corrected chi connectivity index (χ0v) is 11.0. The number of hydrogen-bond acceptors (Lipinski definition) is 1. The molecule has 0 aromatic rings. The van der Waals surface area contributed by atoms with Crippen LogP contribution in [-0.2, 0) is 0 Å². The van der Waals surface area contributed by atoms with Crippen molar-refractivity contribution in [3.05, 3.63) is 11.6 Å². The van der Waals surface area contributed by atoms with Gasteiger partial charge in [0.15, 0.2) is 0 Å². The van der Waals surface area contributed by atoms with Gasteiger partial charge in [0.25, 0.3) is 0 Å². The molecule has 4 aliphatic rings. The van der Waals surface area contributed by atoms with Crippen molar-refractivity contribution in [1.82, 2.24) is 5.32 Å². The third kappa shape index (κ3) is 1.47. The van der Waals surface area contributed by atoms with Gasteiger partial charge in [-0.25, -0.2) is 0 Å². The summed E-state index contributed by atoms with van der Waals surface area (Å²) in [6, 6.07) is 0.744. The zero-order chi connectivity index (χ0) is 11.4. The topological polar surface area (TPSA) is 12.0 Å². The van der Waals surface area contributed by atoms with Gasteiger partial charge in [0, 0.05) is 6.04 Å². The van der Waals surface area contributed by atoms with Gasteiger partial charge in [-0.3, -0.25) is 0 Å². The van der Waals surface area contributed by atoms with Crippen molar-refractivity contribution in [1.29, 1.82) is 0 Å². The summed E-state index contributed by atoms with van der Waals surface area (Å²) < 4.78 is 0. The summed E-state index contributed by atoms with van der Waals surface area (Å²) in [5.41, 5.74) is 1.76. The van der Waals surface area contributed by atoms with E-state index in [-0.39, 0.29) is 0 Å². The molecular formula is C16H25N. The molecule has 0 saturated heterocycles. The molecule has 0 heterocycles. The van der Waals surface area contributed by atoms with Crippen LogP contribution in [0.3, 0.4) is 0 Å². The van der Waals surface area contributed by atoms with Gasteiger partial charge in [-0.15, -0.1) is 0 Å². The molecule has 0 aromatic heterocycles. The number of rotatable bonds is 3. The van der Waals surface area contributed by atoms with E-state index in [1.165, 1.54) is 25.7 Å². The summed E-state index contributed by atoms with van der Waals surface area (Å²) >= 11 is 0. The van der Waals surface area contributed by atoms with Crippen LogP contribution in [0.2, 0.25) is 0 Å². The predicted molar refractivity (Wildman–Crippen MR) is 70.7 cm³/mol. The predicted octanol–water partition coefficient (Wildman–Crippen LogP) is 3.37. The molecular weight excluding hydrogens is 206 g/mol. The van der Waals surface area contributed by atoms with Crippen molar-refractivity contribution >= 4 is 0 Å². The number of nitrogens with one attached hydrogen (secondary N) is 1. The van der Waals surface area contributed by atoms with E-state index in [1.807, 2.05) is 0 Å². The highest BCUT2D eigenvalue weighted by Crippen LogP contribution is 2.70. The van der Waals surface area contributed by atoms with Gasteiger partial charge in [0.1, 0.15) is 0 Å². The molecule has 1 N–H and O–H groups in total. The first kappa shape index (κ1) is 10.6. The molecule has 3 fully saturated rings. The van der Waals surface area contributed by atoms with Gasteiger partial charge in [0.2, 0.25) is 0 Å². The highest BCUT2D eigenvalue weighted by atomic mass is 14.9. The van der Waals surface area contributed by atoms with Crippen LogP contribution in [0.25, 0.3) is 0 Å². The lowest BCUT2D eigenvalue weighted by Gasteiger charge is -2.25. The Hall–Kier alpha value is -0.300. The highest BCUT2D eigenvalue weighted by molar-refractivity contribution is 5.24. The van der Waals surface area contributed by atoms with E-state index in [0.717, 1.165) is 35.6 Å². The van der Waals surface area contributed by atoms with Crippen molar-refractivity contribution in [3.63, 3.8) is 0 Å². The first-order chi connectivity index (χ1) is 8.40. The first-order valence-electron chi connectivity index (χ1n) is 7.76. The number of fused-ring (bicyclic) bond motifs is 5. The second kappa shape index (κ2) is 3.85. The minimum absolute atomic E-state index is 0.744. The summed E-state index contributed by atoms with van der Waals surface area (Å²) in [5, 5.41) is 3.66. The van der Waals surface area contributed by atoms with Crippen LogP contribution < -0.4 is 5.32 Å². The van der Waals surface area contributed by atoms with Gasteiger partial charge in [0.05, 0.1) is 0 Å². The maximum atomic E-state index is 3.66. The van der Waals surface area contributed by atoms with Gasteiger partial charge in [-0.05, 0) is 81.6 Å². The van der Waals surface area contributed by atoms with Crippen molar-refractivity contribution in [2.75, 3.05) is 7.05 Å². The van der Waals surface area contributed by atoms with Crippen LogP contribution in [0.4, 0.5) is 0 Å². The van der Waals surface area contributed by atoms with Crippen molar-refractivity contribution in [2.24, 2.45) is 29.6 Å². The Kier molecular flexibility index (Phi) is 2.40. The molecule has 0 radical (unpaired) electrons. The number of hydrogen-bond donors (Lipinski definition) is 1. The molecule has 3 saturated carbocycles. The van der Waals surface area contributed by atoms with Crippen LogP contribution in [0, 0.1) is 29.6 Å². The number of likely N-dealkylation sites (N-methyl/N-ethyl adjacent to an activating group) is 1. The van der Waals surface area contributed by atoms with E-state index < -0.39 is 0 Å². The largest absolute Gasteiger partial charge is 0.313 e. The third-order valence-electron chi connectivity index (χ3n) is 6.22. The molecule has 4 rings (SSSR count). The van der Waals surface area contributed by atoms with Crippen molar-refractivity contribution < 1.29 is 0 Å². The molecule has 1 nitrogen and oxygen atoms in total. The van der Waals surface area contributed by atoms with Crippen molar-refractivity contribution in [3.8, 4) is 0 Å². The summed E-state index contributed by atoms with van der Waals surface area (Å²) in [6.45, 7) is 0. The van der Waals surface area contributed by atoms with E-state index >= 15 is 0 Å². The van der Waals surface area contributed by atoms with E-state index in [0.29, 0.717) is 0 Å². The Balaban J connectivity index is 1.53. The minimum Gasteiger partial charge on any atom is -0.313 e. The Bertz CT molecular complexity index is 329. The molecule has 0 amide bonds. The summed E-state index contributed by atoms with van der Waals surface area (Å²) in [5.74, 6) is 5.50. The first-order valence-corrected chi connectivity index (χ1v) is 7.76. The molecule has 5 unspecified atom stereocenters. The Morgan fingerprint density at radius 3 is 2.53 bits per heavy atom. The molecule has 94 valence electrons. The fourth-order valence-electron chi connectivity index (χ4n) is 5.61. The van der Waals surface area contributed by atoms with Crippen LogP contribution in [0.15, 0.2) is 11.6 Å². The quantitative estimate of drug-likeness (QED) is 0.734. The zero-order valence-electron chi connectivity index (χ0n) is 11.0. The smallest absolute Gasteiger partial charge is 0.0310 e. The molecule has 4 aliphatic carbocycles. The fraction of sp³-hybridized carbons (Fsp3) is 0.875. The lowest BCUT2D eigenvalue weighted by Crippen LogP contribution is -2.33. The Morgan fingerprint density at radius 2 is 1.94 bits per heavy atom. The Morgan fingerprint density at radius 1 is 1.18 bits per heavy atom. The van der Waals surface area contributed by atoms with Gasteiger partial charge in [-0.2, -0.15) is 0 Å². The second-order valence-electron chi connectivity index (χ2n) is 6.86. The molecule has 5 atom stereocenters. The van der Waals surface area contributed by atoms with Crippen LogP contribution in [-0.4, -0.2) is 13.1 Å². The average Bonchev–Trinajstić information content (AvgIpc) is 2.81. The Labute approximate surface area is 105 Å². The van der Waals surface area contributed by atoms with Crippen LogP contribution in [0.5, 0.6) is 0 Å². The van der Waals surface area contributed by atoms with E-state index in [2.05, 4.69) is 18.4 Å². The molecule has 1 heteroatoms. The normalized spacial score (nSPS) is 48.8. The molecule has 0 spiro atoms. The maximum absolute atomic E-state index is 3.66. The SMILES string of the molecule is CNC(C1=CCCCC1)C1C2C3CCC(C3)C21. The monoisotopic (exact) mass is 231 g/mol. The summed E-state index contributed by atoms with van der Waals surface area (Å²) in [6.07, 6.45) is 12.8. The average molecular weight is 231 g/mol. The van der Waals surface area contributed by atoms with Crippen LogP contribution >= 0.6 is 0 Å². The molecule has 17 heavy (non-hydrogen) atoms. The summed E-state index contributed by atoms with van der Waals surface area (Å²) in [7, 11) is 2.19. The van der Waals surface area contributed by atoms with E-state index in [1.54, 1.807) is 24.8 Å². The lowest BCUT2D eigenvalue weighted by atomic mass is 9.87. The minimum atomic E-state index is 0.744. The number of allylic oxidation sites excluding steroid dienone is 1. The third-order valence-corrected chi connectivity index (χ3v) is 6.22. The van der Waals surface area contributed by atoms with Crippen molar-refractivity contribution in [2.45, 2.75) is 51.0 Å². The lowest BCUT2D eigenvalue weighted by molar-refractivity contribution is 0.396. The second-order valence-corrected chi connectivity index (χ2v) is 6.86. The summed E-state index contributed by atoms with van der Waals surface area (Å²) in [4.78, 5) is 0. The van der Waals surface area contributed by atoms with Gasteiger partial charge >= 0.3 is 0 Å². The molecule has 2 bridgehead atoms. The van der Waals surface area contributed by atoms with E-state index in [4.69, 9.17) is 0 Å². The molecule has 0 aromatic carbocycles. The maximum Gasteiger partial charge on any atom is 0.0310 e. The van der Waals surface area contributed by atoms with Gasteiger partial charge in [-0.1, -0.05) is 11.6 Å². The van der Waals surface area contributed by atoms with Crippen LogP contribution in [0.1, 0.15) is 44.9 Å². The van der Waals surface area contributed by atoms with E-state index in [9.17, 15) is 0 Å².